The van der Waals surface area contributed by atoms with E-state index in [0.717, 1.165) is 11.3 Å². The number of sulfone groups is 1. The Balaban J connectivity index is 1.73. The van der Waals surface area contributed by atoms with Crippen LogP contribution in [0.15, 0.2) is 12.2 Å². The van der Waals surface area contributed by atoms with Crippen LogP contribution in [0.1, 0.15) is 19.3 Å². The standard InChI is InChI=1S/C13H15NO4S/c15-12-10-7-3-4-8(6-7)11(10)13(16)14(12)9-2-1-5-19(9,17)18/h3-4,7-11H,1-2,5-6H2/t7-,8-,9-,10+,11+/m0/s1. The molecule has 0 radical (unpaired) electrons. The molecule has 0 unspecified atom stereocenters. The summed E-state index contributed by atoms with van der Waals surface area (Å²) in [6.07, 6.45) is 5.86. The molecular weight excluding hydrogens is 266 g/mol. The Labute approximate surface area is 111 Å². The second-order valence-electron chi connectivity index (χ2n) is 6.01. The minimum Gasteiger partial charge on any atom is -0.274 e. The minimum absolute atomic E-state index is 0.0924. The summed E-state index contributed by atoms with van der Waals surface area (Å²) in [7, 11) is -3.32. The molecule has 2 amide bonds. The van der Waals surface area contributed by atoms with Crippen molar-refractivity contribution in [2.45, 2.75) is 24.6 Å². The molecule has 0 aromatic heterocycles. The molecule has 2 heterocycles. The number of likely N-dealkylation sites (tertiary alicyclic amines) is 1. The SMILES string of the molecule is O=C1[C@H]2[C@H](C(=O)N1[C@@H]1CCCS1(=O)=O)[C@H]1C=C[C@H]2C1. The van der Waals surface area contributed by atoms with Gasteiger partial charge in [0.25, 0.3) is 0 Å². The molecule has 3 fully saturated rings. The van der Waals surface area contributed by atoms with E-state index in [1.807, 2.05) is 12.2 Å². The van der Waals surface area contributed by atoms with Crippen LogP contribution in [0.5, 0.6) is 0 Å². The van der Waals surface area contributed by atoms with E-state index in [-0.39, 0.29) is 41.2 Å². The Kier molecular flexibility index (Phi) is 2.13. The number of amides is 2. The van der Waals surface area contributed by atoms with Crippen molar-refractivity contribution in [3.63, 3.8) is 0 Å². The summed E-state index contributed by atoms with van der Waals surface area (Å²) in [5.41, 5.74) is 0. The van der Waals surface area contributed by atoms with Gasteiger partial charge in [-0.15, -0.1) is 0 Å². The average Bonchev–Trinajstić information content (AvgIpc) is 3.06. The second-order valence-corrected chi connectivity index (χ2v) is 8.29. The van der Waals surface area contributed by atoms with Crippen molar-refractivity contribution in [1.29, 1.82) is 0 Å². The maximum Gasteiger partial charge on any atom is 0.234 e. The normalized spacial score (nSPS) is 46.3. The third kappa shape index (κ3) is 1.33. The van der Waals surface area contributed by atoms with Gasteiger partial charge in [0.15, 0.2) is 9.84 Å². The number of carbonyl (C=O) groups excluding carboxylic acids is 2. The van der Waals surface area contributed by atoms with E-state index in [0.29, 0.717) is 12.8 Å². The van der Waals surface area contributed by atoms with Gasteiger partial charge in [-0.3, -0.25) is 14.5 Å². The van der Waals surface area contributed by atoms with Crippen LogP contribution in [0, 0.1) is 23.7 Å². The van der Waals surface area contributed by atoms with E-state index in [9.17, 15) is 18.0 Å². The van der Waals surface area contributed by atoms with E-state index < -0.39 is 15.2 Å². The summed E-state index contributed by atoms with van der Waals surface area (Å²) in [4.78, 5) is 26.0. The molecule has 5 atom stereocenters. The van der Waals surface area contributed by atoms with E-state index in [1.54, 1.807) is 0 Å². The second kappa shape index (κ2) is 3.48. The Bertz CT molecular complexity index is 578. The summed E-state index contributed by atoms with van der Waals surface area (Å²) < 4.78 is 24.0. The van der Waals surface area contributed by atoms with Gasteiger partial charge in [0.2, 0.25) is 11.8 Å². The smallest absolute Gasteiger partial charge is 0.234 e. The molecule has 2 aliphatic heterocycles. The van der Waals surface area contributed by atoms with Gasteiger partial charge in [0.1, 0.15) is 5.37 Å². The highest BCUT2D eigenvalue weighted by molar-refractivity contribution is 7.92. The molecule has 0 aromatic rings. The molecule has 5 nitrogen and oxygen atoms in total. The molecule has 2 bridgehead atoms. The summed E-state index contributed by atoms with van der Waals surface area (Å²) >= 11 is 0. The van der Waals surface area contributed by atoms with Crippen LogP contribution in [-0.4, -0.2) is 36.3 Å². The maximum atomic E-state index is 12.5. The van der Waals surface area contributed by atoms with Gasteiger partial charge >= 0.3 is 0 Å². The molecule has 0 N–H and O–H groups in total. The van der Waals surface area contributed by atoms with Crippen LogP contribution < -0.4 is 0 Å². The van der Waals surface area contributed by atoms with E-state index >= 15 is 0 Å². The van der Waals surface area contributed by atoms with Crippen molar-refractivity contribution in [2.24, 2.45) is 23.7 Å². The number of allylic oxidation sites excluding steroid dienone is 2. The van der Waals surface area contributed by atoms with Gasteiger partial charge in [-0.2, -0.15) is 0 Å². The summed E-state index contributed by atoms with van der Waals surface area (Å²) in [6, 6.07) is 0. The lowest BCUT2D eigenvalue weighted by atomic mass is 9.85. The van der Waals surface area contributed by atoms with Crippen molar-refractivity contribution < 1.29 is 18.0 Å². The molecule has 0 spiro atoms. The zero-order chi connectivity index (χ0) is 13.4. The highest BCUT2D eigenvalue weighted by Crippen LogP contribution is 2.53. The number of hydrogen-bond donors (Lipinski definition) is 0. The van der Waals surface area contributed by atoms with Crippen molar-refractivity contribution >= 4 is 21.7 Å². The fourth-order valence-corrected chi connectivity index (χ4v) is 6.17. The fraction of sp³-hybridized carbons (Fsp3) is 0.692. The minimum atomic E-state index is -3.32. The van der Waals surface area contributed by atoms with Gasteiger partial charge in [-0.25, -0.2) is 8.42 Å². The van der Waals surface area contributed by atoms with E-state index in [4.69, 9.17) is 0 Å². The van der Waals surface area contributed by atoms with Gasteiger partial charge in [0, 0.05) is 0 Å². The van der Waals surface area contributed by atoms with Crippen LogP contribution in [0.2, 0.25) is 0 Å². The van der Waals surface area contributed by atoms with Gasteiger partial charge in [-0.1, -0.05) is 12.2 Å². The van der Waals surface area contributed by atoms with Crippen molar-refractivity contribution in [2.75, 3.05) is 5.75 Å². The topological polar surface area (TPSA) is 71.5 Å². The summed E-state index contributed by atoms with van der Waals surface area (Å²) in [6.45, 7) is 0. The Morgan fingerprint density at radius 3 is 2.11 bits per heavy atom. The maximum absolute atomic E-state index is 12.5. The van der Waals surface area contributed by atoms with Crippen LogP contribution in [0.25, 0.3) is 0 Å². The molecule has 0 aromatic carbocycles. The highest BCUT2D eigenvalue weighted by Gasteiger charge is 2.61. The predicted molar refractivity (Wildman–Crippen MR) is 66.4 cm³/mol. The number of carbonyl (C=O) groups is 2. The zero-order valence-electron chi connectivity index (χ0n) is 10.4. The van der Waals surface area contributed by atoms with Crippen LogP contribution in [-0.2, 0) is 19.4 Å². The number of fused-ring (bicyclic) bond motifs is 5. The first kappa shape index (κ1) is 11.6. The first-order valence-corrected chi connectivity index (χ1v) is 8.49. The molecule has 4 rings (SSSR count). The highest BCUT2D eigenvalue weighted by atomic mass is 32.2. The fourth-order valence-electron chi connectivity index (χ4n) is 4.27. The molecule has 19 heavy (non-hydrogen) atoms. The first-order valence-electron chi connectivity index (χ1n) is 6.77. The lowest BCUT2D eigenvalue weighted by Crippen LogP contribution is -2.44. The molecule has 2 aliphatic carbocycles. The molecule has 1 saturated carbocycles. The number of nitrogens with zero attached hydrogens (tertiary/aromatic N) is 1. The molecule has 102 valence electrons. The third-order valence-corrected chi connectivity index (χ3v) is 7.22. The van der Waals surface area contributed by atoms with Crippen LogP contribution in [0.4, 0.5) is 0 Å². The first-order chi connectivity index (χ1) is 9.00. The third-order valence-electron chi connectivity index (χ3n) is 5.09. The molecule has 4 aliphatic rings. The van der Waals surface area contributed by atoms with E-state index in [1.165, 1.54) is 0 Å². The quantitative estimate of drug-likeness (QED) is 0.513. The van der Waals surface area contributed by atoms with Crippen molar-refractivity contribution in [3.8, 4) is 0 Å². The number of rotatable bonds is 1. The van der Waals surface area contributed by atoms with Crippen LogP contribution in [0.3, 0.4) is 0 Å². The summed E-state index contributed by atoms with van der Waals surface area (Å²) in [5, 5.41) is -0.891. The lowest BCUT2D eigenvalue weighted by molar-refractivity contribution is -0.141. The predicted octanol–water partition coefficient (Wildman–Crippen LogP) is 0.328. The van der Waals surface area contributed by atoms with Crippen molar-refractivity contribution in [3.05, 3.63) is 12.2 Å². The van der Waals surface area contributed by atoms with Crippen LogP contribution >= 0.6 is 0 Å². The van der Waals surface area contributed by atoms with E-state index in [2.05, 4.69) is 0 Å². The Morgan fingerprint density at radius 2 is 1.63 bits per heavy atom. The number of hydrogen-bond acceptors (Lipinski definition) is 4. The largest absolute Gasteiger partial charge is 0.274 e. The van der Waals surface area contributed by atoms with Gasteiger partial charge in [-0.05, 0) is 31.1 Å². The Morgan fingerprint density at radius 1 is 1.05 bits per heavy atom. The monoisotopic (exact) mass is 281 g/mol. The van der Waals surface area contributed by atoms with Crippen molar-refractivity contribution in [1.82, 2.24) is 4.90 Å². The Hall–Kier alpha value is -1.17. The van der Waals surface area contributed by atoms with Gasteiger partial charge in [0.05, 0.1) is 17.6 Å². The summed E-state index contributed by atoms with van der Waals surface area (Å²) in [5.74, 6) is -0.711. The van der Waals surface area contributed by atoms with Gasteiger partial charge < -0.3 is 0 Å². The lowest BCUT2D eigenvalue weighted by Gasteiger charge is -2.23. The molecule has 6 heteroatoms. The zero-order valence-corrected chi connectivity index (χ0v) is 11.2. The molecule has 2 saturated heterocycles. The number of imide groups is 1. The average molecular weight is 281 g/mol. The molecular formula is C13H15NO4S.